The first kappa shape index (κ1) is 15.8. The van der Waals surface area contributed by atoms with Gasteiger partial charge in [-0.15, -0.1) is 0 Å². The van der Waals surface area contributed by atoms with E-state index in [1.165, 1.54) is 25.3 Å². The van der Waals surface area contributed by atoms with Crippen molar-refractivity contribution in [3.63, 3.8) is 0 Å². The van der Waals surface area contributed by atoms with Gasteiger partial charge in [0.05, 0.1) is 24.7 Å². The van der Waals surface area contributed by atoms with Crippen molar-refractivity contribution in [3.8, 4) is 17.2 Å². The van der Waals surface area contributed by atoms with Gasteiger partial charge in [-0.05, 0) is 30.2 Å². The van der Waals surface area contributed by atoms with Gasteiger partial charge in [0.2, 0.25) is 0 Å². The number of nitro benzene ring substituents is 1. The summed E-state index contributed by atoms with van der Waals surface area (Å²) in [4.78, 5) is 10.3. The van der Waals surface area contributed by atoms with E-state index in [-0.39, 0.29) is 5.69 Å². The number of methoxy groups -OCH3 is 2. The molecule has 0 fully saturated rings. The number of rotatable bonds is 7. The van der Waals surface area contributed by atoms with Gasteiger partial charge in [-0.3, -0.25) is 10.1 Å². The number of hydrogen-bond donors (Lipinski definition) is 0. The highest BCUT2D eigenvalue weighted by Crippen LogP contribution is 2.34. The summed E-state index contributed by atoms with van der Waals surface area (Å²) in [6.07, 6.45) is 0.831. The second-order valence-electron chi connectivity index (χ2n) is 4.58. The highest BCUT2D eigenvalue weighted by atomic mass is 16.6. The molecule has 0 radical (unpaired) electrons. The van der Waals surface area contributed by atoms with Gasteiger partial charge in [0.25, 0.3) is 5.69 Å². The SMILES string of the molecule is COCCc1ccc(Oc2ccc([N+](=O)[O-])cc2OC)cc1. The molecular formula is C16H17NO5. The van der Waals surface area contributed by atoms with E-state index in [0.29, 0.717) is 23.9 Å². The molecule has 2 aromatic carbocycles. The molecule has 6 nitrogen and oxygen atoms in total. The van der Waals surface area contributed by atoms with Crippen molar-refractivity contribution in [1.82, 2.24) is 0 Å². The van der Waals surface area contributed by atoms with Crippen LogP contribution in [-0.4, -0.2) is 25.7 Å². The van der Waals surface area contributed by atoms with E-state index in [9.17, 15) is 10.1 Å². The fourth-order valence-corrected chi connectivity index (χ4v) is 1.93. The van der Waals surface area contributed by atoms with E-state index in [1.54, 1.807) is 7.11 Å². The summed E-state index contributed by atoms with van der Waals surface area (Å²) < 4.78 is 15.9. The molecule has 0 aliphatic rings. The van der Waals surface area contributed by atoms with Crippen molar-refractivity contribution >= 4 is 5.69 Å². The van der Waals surface area contributed by atoms with E-state index < -0.39 is 4.92 Å². The lowest BCUT2D eigenvalue weighted by Crippen LogP contribution is -1.95. The summed E-state index contributed by atoms with van der Waals surface area (Å²) in [6, 6.07) is 11.8. The van der Waals surface area contributed by atoms with Gasteiger partial charge < -0.3 is 14.2 Å². The lowest BCUT2D eigenvalue weighted by Gasteiger charge is -2.10. The highest BCUT2D eigenvalue weighted by Gasteiger charge is 2.12. The zero-order valence-electron chi connectivity index (χ0n) is 12.4. The van der Waals surface area contributed by atoms with Gasteiger partial charge in [0.1, 0.15) is 5.75 Å². The van der Waals surface area contributed by atoms with Crippen LogP contribution in [0.15, 0.2) is 42.5 Å². The number of non-ortho nitro benzene ring substituents is 1. The third kappa shape index (κ3) is 3.95. The zero-order chi connectivity index (χ0) is 15.9. The largest absolute Gasteiger partial charge is 0.493 e. The van der Waals surface area contributed by atoms with Crippen molar-refractivity contribution in [2.45, 2.75) is 6.42 Å². The molecule has 22 heavy (non-hydrogen) atoms. The van der Waals surface area contributed by atoms with Gasteiger partial charge >= 0.3 is 0 Å². The molecular weight excluding hydrogens is 286 g/mol. The van der Waals surface area contributed by atoms with Crippen molar-refractivity contribution in [3.05, 3.63) is 58.1 Å². The number of ether oxygens (including phenoxy) is 3. The number of nitro groups is 1. The average Bonchev–Trinajstić information content (AvgIpc) is 2.54. The van der Waals surface area contributed by atoms with Crippen molar-refractivity contribution in [2.24, 2.45) is 0 Å². The maximum Gasteiger partial charge on any atom is 0.273 e. The molecule has 116 valence electrons. The van der Waals surface area contributed by atoms with Crippen molar-refractivity contribution in [2.75, 3.05) is 20.8 Å². The summed E-state index contributed by atoms with van der Waals surface area (Å²) in [5.41, 5.74) is 1.10. The van der Waals surface area contributed by atoms with Crippen LogP contribution < -0.4 is 9.47 Å². The van der Waals surface area contributed by atoms with Gasteiger partial charge in [-0.25, -0.2) is 0 Å². The number of hydrogen-bond acceptors (Lipinski definition) is 5. The lowest BCUT2D eigenvalue weighted by molar-refractivity contribution is -0.384. The van der Waals surface area contributed by atoms with E-state index in [2.05, 4.69) is 0 Å². The van der Waals surface area contributed by atoms with Crippen molar-refractivity contribution in [1.29, 1.82) is 0 Å². The normalized spacial score (nSPS) is 10.3. The minimum Gasteiger partial charge on any atom is -0.493 e. The van der Waals surface area contributed by atoms with Crippen LogP contribution in [0.1, 0.15) is 5.56 Å². The van der Waals surface area contributed by atoms with E-state index in [4.69, 9.17) is 14.2 Å². The lowest BCUT2D eigenvalue weighted by atomic mass is 10.1. The van der Waals surface area contributed by atoms with E-state index >= 15 is 0 Å². The molecule has 0 amide bonds. The Morgan fingerprint density at radius 2 is 1.77 bits per heavy atom. The predicted octanol–water partition coefficient (Wildman–Crippen LogP) is 3.58. The summed E-state index contributed by atoms with van der Waals surface area (Å²) in [5, 5.41) is 10.8. The monoisotopic (exact) mass is 303 g/mol. The first-order chi connectivity index (χ1) is 10.6. The smallest absolute Gasteiger partial charge is 0.273 e. The molecule has 0 aliphatic heterocycles. The third-order valence-electron chi connectivity index (χ3n) is 3.10. The molecule has 2 rings (SSSR count). The van der Waals surface area contributed by atoms with E-state index in [1.807, 2.05) is 24.3 Å². The fourth-order valence-electron chi connectivity index (χ4n) is 1.93. The van der Waals surface area contributed by atoms with Crippen molar-refractivity contribution < 1.29 is 19.1 Å². The Labute approximate surface area is 128 Å². The number of benzene rings is 2. The zero-order valence-corrected chi connectivity index (χ0v) is 12.4. The second-order valence-corrected chi connectivity index (χ2v) is 4.58. The number of nitrogens with zero attached hydrogens (tertiary/aromatic N) is 1. The Morgan fingerprint density at radius 3 is 2.36 bits per heavy atom. The average molecular weight is 303 g/mol. The standard InChI is InChI=1S/C16H17NO5/c1-20-10-9-12-3-6-14(7-4-12)22-15-8-5-13(17(18)19)11-16(15)21-2/h3-8,11H,9-10H2,1-2H3. The van der Waals surface area contributed by atoms with Crippen LogP contribution in [0.4, 0.5) is 5.69 Å². The second kappa shape index (κ2) is 7.42. The molecule has 6 heteroatoms. The molecule has 0 spiro atoms. The fraction of sp³-hybridized carbons (Fsp3) is 0.250. The van der Waals surface area contributed by atoms with Gasteiger partial charge in [-0.2, -0.15) is 0 Å². The topological polar surface area (TPSA) is 70.8 Å². The van der Waals surface area contributed by atoms with Crippen LogP contribution in [0, 0.1) is 10.1 Å². The molecule has 0 saturated carbocycles. The van der Waals surface area contributed by atoms with Gasteiger partial charge in [-0.1, -0.05) is 12.1 Å². The molecule has 0 unspecified atom stereocenters. The summed E-state index contributed by atoms with van der Waals surface area (Å²) in [5.74, 6) is 1.38. The maximum atomic E-state index is 10.8. The minimum absolute atomic E-state index is 0.0425. The first-order valence-electron chi connectivity index (χ1n) is 6.72. The molecule has 0 N–H and O–H groups in total. The summed E-state index contributed by atoms with van der Waals surface area (Å²) in [6.45, 7) is 0.663. The Balaban J connectivity index is 2.14. The maximum absolute atomic E-state index is 10.8. The Morgan fingerprint density at radius 1 is 1.05 bits per heavy atom. The van der Waals surface area contributed by atoms with Crippen LogP contribution in [0.5, 0.6) is 17.2 Å². The first-order valence-corrected chi connectivity index (χ1v) is 6.72. The molecule has 0 aromatic heterocycles. The van der Waals surface area contributed by atoms with Crippen LogP contribution in [0.25, 0.3) is 0 Å². The van der Waals surface area contributed by atoms with Crippen LogP contribution in [-0.2, 0) is 11.2 Å². The minimum atomic E-state index is -0.475. The van der Waals surface area contributed by atoms with Crippen LogP contribution in [0.3, 0.4) is 0 Å². The highest BCUT2D eigenvalue weighted by molar-refractivity contribution is 5.50. The molecule has 0 saturated heterocycles. The van der Waals surface area contributed by atoms with E-state index in [0.717, 1.165) is 12.0 Å². The molecule has 0 heterocycles. The van der Waals surface area contributed by atoms with Crippen LogP contribution >= 0.6 is 0 Å². The molecule has 2 aromatic rings. The predicted molar refractivity (Wildman–Crippen MR) is 81.7 cm³/mol. The third-order valence-corrected chi connectivity index (χ3v) is 3.10. The van der Waals surface area contributed by atoms with Crippen LogP contribution in [0.2, 0.25) is 0 Å². The van der Waals surface area contributed by atoms with Gasteiger partial charge in [0.15, 0.2) is 11.5 Å². The Bertz CT molecular complexity index is 639. The Kier molecular flexibility index (Phi) is 5.32. The van der Waals surface area contributed by atoms with Gasteiger partial charge in [0, 0.05) is 13.2 Å². The molecule has 0 aliphatic carbocycles. The Hall–Kier alpha value is -2.60. The molecule has 0 atom stereocenters. The summed E-state index contributed by atoms with van der Waals surface area (Å²) in [7, 11) is 3.11. The summed E-state index contributed by atoms with van der Waals surface area (Å²) >= 11 is 0. The molecule has 0 bridgehead atoms. The quantitative estimate of drug-likeness (QED) is 0.577.